The van der Waals surface area contributed by atoms with Gasteiger partial charge in [0.15, 0.2) is 41.2 Å². The highest BCUT2D eigenvalue weighted by Crippen LogP contribution is 2.47. The first kappa shape index (κ1) is 38.7. The van der Waals surface area contributed by atoms with Gasteiger partial charge in [0.05, 0.1) is 66.9 Å². The summed E-state index contributed by atoms with van der Waals surface area (Å²) in [6.07, 6.45) is -12.2. The number of aliphatic hydroxyl groups excluding tert-OH is 6. The Morgan fingerprint density at radius 1 is 0.843 bits per heavy atom. The molecule has 0 saturated carbocycles. The van der Waals surface area contributed by atoms with Crippen LogP contribution in [0.4, 0.5) is 0 Å². The summed E-state index contributed by atoms with van der Waals surface area (Å²) in [5, 5.41) is 82.7. The lowest BCUT2D eigenvalue weighted by Crippen LogP contribution is -2.62. The van der Waals surface area contributed by atoms with Crippen LogP contribution in [0.5, 0.6) is 34.5 Å². The summed E-state index contributed by atoms with van der Waals surface area (Å²) < 4.78 is 50.5. The maximum absolute atomic E-state index is 13.7. The van der Waals surface area contributed by atoms with Crippen LogP contribution in [-0.2, 0) is 18.9 Å². The maximum atomic E-state index is 13.7. The lowest BCUT2D eigenvalue weighted by atomic mass is 9.83. The molecule has 0 radical (unpaired) electrons. The molecule has 0 aliphatic carbocycles. The average molecular weight is 729 g/mol. The van der Waals surface area contributed by atoms with Gasteiger partial charge >= 0.3 is 0 Å². The zero-order chi connectivity index (χ0) is 37.2. The minimum atomic E-state index is -2.06. The van der Waals surface area contributed by atoms with Gasteiger partial charge in [-0.2, -0.15) is 0 Å². The minimum Gasteiger partial charge on any atom is -0.502 e. The summed E-state index contributed by atoms with van der Waals surface area (Å²) in [7, 11) is 5.31. The molecule has 8 N–H and O–H groups in total. The second-order valence-electron chi connectivity index (χ2n) is 12.4. The van der Waals surface area contributed by atoms with Crippen molar-refractivity contribution < 1.29 is 88.3 Å². The molecule has 11 atom stereocenters. The third kappa shape index (κ3) is 7.26. The molecular formula is C33H44O18. The molecule has 3 heterocycles. The number of benzene rings is 2. The predicted octanol–water partition coefficient (Wildman–Crippen LogP) is -1.75. The molecule has 51 heavy (non-hydrogen) atoms. The quantitative estimate of drug-likeness (QED) is 0.100. The summed E-state index contributed by atoms with van der Waals surface area (Å²) in [6.45, 7) is -2.60. The number of ketones is 1. The Kier molecular flexibility index (Phi) is 12.1. The Hall–Kier alpha value is -3.53. The van der Waals surface area contributed by atoms with Crippen LogP contribution in [0.25, 0.3) is 0 Å². The van der Waals surface area contributed by atoms with Gasteiger partial charge in [-0.05, 0) is 29.8 Å². The molecule has 0 spiro atoms. The van der Waals surface area contributed by atoms with Gasteiger partial charge in [0, 0.05) is 18.1 Å². The van der Waals surface area contributed by atoms with Crippen LogP contribution in [0.15, 0.2) is 24.3 Å². The maximum Gasteiger partial charge on any atom is 0.230 e. The Bertz CT molecular complexity index is 1470. The van der Waals surface area contributed by atoms with E-state index in [4.69, 9.17) is 42.6 Å². The first-order valence-electron chi connectivity index (χ1n) is 15.9. The van der Waals surface area contributed by atoms with Crippen molar-refractivity contribution in [3.8, 4) is 34.5 Å². The van der Waals surface area contributed by atoms with Crippen molar-refractivity contribution in [1.29, 1.82) is 0 Å². The van der Waals surface area contributed by atoms with E-state index < -0.39 is 93.1 Å². The van der Waals surface area contributed by atoms with Crippen molar-refractivity contribution in [1.82, 2.24) is 0 Å². The molecule has 0 amide bonds. The van der Waals surface area contributed by atoms with Gasteiger partial charge in [-0.15, -0.1) is 0 Å². The highest BCUT2D eigenvalue weighted by Gasteiger charge is 2.54. The predicted molar refractivity (Wildman–Crippen MR) is 169 cm³/mol. The molecule has 18 heteroatoms. The number of hydrogen-bond acceptors (Lipinski definition) is 18. The number of carbonyl (C=O) groups excluding carboxylic acids is 1. The normalized spacial score (nSPS) is 33.5. The third-order valence-corrected chi connectivity index (χ3v) is 9.41. The first-order chi connectivity index (χ1) is 24.4. The fourth-order valence-corrected chi connectivity index (χ4v) is 6.41. The van der Waals surface area contributed by atoms with Crippen molar-refractivity contribution in [3.63, 3.8) is 0 Å². The van der Waals surface area contributed by atoms with E-state index in [0.717, 1.165) is 0 Å². The van der Waals surface area contributed by atoms with Gasteiger partial charge in [0.1, 0.15) is 30.0 Å². The second kappa shape index (κ2) is 16.0. The number of aliphatic hydroxyl groups is 7. The van der Waals surface area contributed by atoms with E-state index >= 15 is 0 Å². The molecule has 0 aromatic heterocycles. The molecule has 284 valence electrons. The van der Waals surface area contributed by atoms with Crippen LogP contribution in [-0.4, -0.2) is 157 Å². The number of phenols is 1. The molecule has 3 aliphatic heterocycles. The first-order valence-corrected chi connectivity index (χ1v) is 15.9. The lowest BCUT2D eigenvalue weighted by molar-refractivity contribution is -0.319. The molecule has 5 rings (SSSR count). The van der Waals surface area contributed by atoms with E-state index in [2.05, 4.69) is 0 Å². The smallest absolute Gasteiger partial charge is 0.230 e. The van der Waals surface area contributed by atoms with Crippen molar-refractivity contribution in [3.05, 3.63) is 35.4 Å². The molecule has 0 bridgehead atoms. The Morgan fingerprint density at radius 3 is 1.96 bits per heavy atom. The fraction of sp³-hybridized carbons (Fsp3) is 0.606. The SMILES string of the molecule is COc1cc(C(=O)[C@@H]2CO[C@H](c3cc(OC)c(O[C@@H]4O[C@H](CO)[C@@H](O)[C@H](O)[C@H]4O[C@@H]4OC[C@](O)(CO)[C@H]4O)c(OC)c3)[C@H]2CO)cc(OC)c1O. The van der Waals surface area contributed by atoms with E-state index in [1.165, 1.54) is 52.7 Å². The Morgan fingerprint density at radius 2 is 1.45 bits per heavy atom. The Labute approximate surface area is 292 Å². The highest BCUT2D eigenvalue weighted by molar-refractivity contribution is 5.99. The van der Waals surface area contributed by atoms with Crippen molar-refractivity contribution in [2.24, 2.45) is 11.8 Å². The van der Waals surface area contributed by atoms with Crippen LogP contribution in [0.3, 0.4) is 0 Å². The zero-order valence-electron chi connectivity index (χ0n) is 28.3. The van der Waals surface area contributed by atoms with Gasteiger partial charge in [-0.3, -0.25) is 4.79 Å². The van der Waals surface area contributed by atoms with Crippen LogP contribution >= 0.6 is 0 Å². The molecular weight excluding hydrogens is 684 g/mol. The molecule has 2 aromatic carbocycles. The number of carbonyl (C=O) groups is 1. The van der Waals surface area contributed by atoms with Gasteiger partial charge < -0.3 is 83.5 Å². The van der Waals surface area contributed by atoms with E-state index in [0.29, 0.717) is 5.56 Å². The van der Waals surface area contributed by atoms with Crippen LogP contribution < -0.4 is 23.7 Å². The second-order valence-corrected chi connectivity index (χ2v) is 12.4. The lowest BCUT2D eigenvalue weighted by Gasteiger charge is -2.42. The minimum absolute atomic E-state index is 0.0271. The summed E-state index contributed by atoms with van der Waals surface area (Å²) in [5.41, 5.74) is -1.46. The van der Waals surface area contributed by atoms with E-state index in [1.807, 2.05) is 0 Å². The van der Waals surface area contributed by atoms with Gasteiger partial charge in [0.25, 0.3) is 0 Å². The summed E-state index contributed by atoms with van der Waals surface area (Å²) in [4.78, 5) is 13.7. The number of rotatable bonds is 14. The van der Waals surface area contributed by atoms with Crippen LogP contribution in [0.2, 0.25) is 0 Å². The van der Waals surface area contributed by atoms with E-state index in [1.54, 1.807) is 0 Å². The van der Waals surface area contributed by atoms with Crippen molar-refractivity contribution in [2.45, 2.75) is 54.8 Å². The average Bonchev–Trinajstić information content (AvgIpc) is 3.71. The summed E-state index contributed by atoms with van der Waals surface area (Å²) in [6, 6.07) is 5.77. The van der Waals surface area contributed by atoms with Crippen LogP contribution in [0, 0.1) is 11.8 Å². The standard InChI is InChI=1S/C33H44O18/c1-43-18-5-14(6-19(44-2)24(18)38)23(37)17-11-47-27(16(17)9-34)15-7-20(45-3)28(21(8-15)46-4)50-31-29(26(40)25(39)22(10-35)49-31)51-32-30(41)33(42,12-36)13-48-32/h5-8,16-17,22,25-27,29-32,34-36,38-42H,9-13H2,1-4H3/t16-,17+,22+,25+,26-,27+,29+,30-,31-,32-,33+/m0/s1. The molecule has 0 unspecified atom stereocenters. The third-order valence-electron chi connectivity index (χ3n) is 9.41. The largest absolute Gasteiger partial charge is 0.502 e. The number of aromatic hydroxyl groups is 1. The topological polar surface area (TPSA) is 262 Å². The van der Waals surface area contributed by atoms with Crippen LogP contribution in [0.1, 0.15) is 22.0 Å². The number of Topliss-reactive ketones (excluding diaryl/α,β-unsaturated/α-hetero) is 1. The Balaban J connectivity index is 1.43. The van der Waals surface area contributed by atoms with Gasteiger partial charge in [0.2, 0.25) is 17.8 Å². The molecule has 3 aliphatic rings. The molecule has 3 fully saturated rings. The van der Waals surface area contributed by atoms with E-state index in [9.17, 15) is 45.6 Å². The number of hydrogen-bond donors (Lipinski definition) is 8. The van der Waals surface area contributed by atoms with Gasteiger partial charge in [-0.1, -0.05) is 0 Å². The summed E-state index contributed by atoms with van der Waals surface area (Å²) >= 11 is 0. The number of ether oxygens (including phenoxy) is 9. The zero-order valence-corrected chi connectivity index (χ0v) is 28.3. The monoisotopic (exact) mass is 728 g/mol. The number of phenolic OH excluding ortho intramolecular Hbond substituents is 1. The van der Waals surface area contributed by atoms with E-state index in [-0.39, 0.29) is 52.5 Å². The van der Waals surface area contributed by atoms with Crippen molar-refractivity contribution >= 4 is 5.78 Å². The van der Waals surface area contributed by atoms with Crippen molar-refractivity contribution in [2.75, 3.05) is 61.5 Å². The molecule has 2 aromatic rings. The number of methoxy groups -OCH3 is 4. The summed E-state index contributed by atoms with van der Waals surface area (Å²) in [5.74, 6) is -2.17. The highest BCUT2D eigenvalue weighted by atomic mass is 16.8. The molecule has 3 saturated heterocycles. The van der Waals surface area contributed by atoms with Gasteiger partial charge in [-0.25, -0.2) is 0 Å². The molecule has 18 nitrogen and oxygen atoms in total. The fourth-order valence-electron chi connectivity index (χ4n) is 6.41.